The van der Waals surface area contributed by atoms with E-state index in [1.54, 1.807) is 0 Å². The van der Waals surface area contributed by atoms with Gasteiger partial charge in [-0.25, -0.2) is 0 Å². The van der Waals surface area contributed by atoms with Crippen LogP contribution in [0.4, 0.5) is 0 Å². The maximum absolute atomic E-state index is 13.0. The Labute approximate surface area is 181 Å². The second kappa shape index (κ2) is 9.36. The van der Waals surface area contributed by atoms with Gasteiger partial charge in [0.2, 0.25) is 0 Å². The monoisotopic (exact) mass is 422 g/mol. The molecule has 1 saturated heterocycles. The van der Waals surface area contributed by atoms with Gasteiger partial charge in [0.25, 0.3) is 5.91 Å². The Bertz CT molecular complexity index is 1010. The Balaban J connectivity index is 1.33. The van der Waals surface area contributed by atoms with Crippen molar-refractivity contribution in [2.45, 2.75) is 27.0 Å². The van der Waals surface area contributed by atoms with Crippen LogP contribution in [0, 0.1) is 13.8 Å². The third-order valence-corrected chi connectivity index (χ3v) is 6.18. The van der Waals surface area contributed by atoms with Crippen molar-refractivity contribution < 1.29 is 9.53 Å². The van der Waals surface area contributed by atoms with Crippen LogP contribution in [0.1, 0.15) is 32.9 Å². The zero-order valence-electron chi connectivity index (χ0n) is 17.4. The molecule has 1 aromatic heterocycles. The summed E-state index contributed by atoms with van der Waals surface area (Å²) in [4.78, 5) is 17.3. The van der Waals surface area contributed by atoms with Crippen molar-refractivity contribution in [3.8, 4) is 5.75 Å². The second-order valence-corrected chi connectivity index (χ2v) is 8.14. The molecule has 3 aromatic rings. The van der Waals surface area contributed by atoms with Crippen molar-refractivity contribution in [2.24, 2.45) is 0 Å². The highest BCUT2D eigenvalue weighted by molar-refractivity contribution is 6.99. The number of aryl methyl sites for hydroxylation is 2. The number of hydrogen-bond donors (Lipinski definition) is 0. The van der Waals surface area contributed by atoms with Gasteiger partial charge in [-0.3, -0.25) is 9.69 Å². The van der Waals surface area contributed by atoms with Crippen molar-refractivity contribution in [3.05, 3.63) is 76.6 Å². The largest absolute Gasteiger partial charge is 0.487 e. The van der Waals surface area contributed by atoms with E-state index in [0.29, 0.717) is 17.9 Å². The molecule has 1 aliphatic rings. The van der Waals surface area contributed by atoms with E-state index in [2.05, 4.69) is 44.8 Å². The molecule has 0 spiro atoms. The Hall–Kier alpha value is -2.77. The highest BCUT2D eigenvalue weighted by Crippen LogP contribution is 2.19. The van der Waals surface area contributed by atoms with Crippen LogP contribution in [0.25, 0.3) is 0 Å². The van der Waals surface area contributed by atoms with Crippen LogP contribution >= 0.6 is 11.7 Å². The third-order valence-electron chi connectivity index (χ3n) is 5.52. The molecule has 0 atom stereocenters. The zero-order valence-corrected chi connectivity index (χ0v) is 18.2. The van der Waals surface area contributed by atoms with Gasteiger partial charge < -0.3 is 9.64 Å². The molecular weight excluding hydrogens is 396 g/mol. The molecule has 156 valence electrons. The smallest absolute Gasteiger partial charge is 0.254 e. The fraction of sp³-hybridized carbons (Fsp3) is 0.348. The first-order valence-electron chi connectivity index (χ1n) is 10.2. The van der Waals surface area contributed by atoms with Gasteiger partial charge in [0.1, 0.15) is 18.1 Å². The first kappa shape index (κ1) is 20.5. The van der Waals surface area contributed by atoms with Crippen LogP contribution < -0.4 is 4.74 Å². The fourth-order valence-electron chi connectivity index (χ4n) is 3.57. The number of nitrogens with zero attached hydrogens (tertiary/aromatic N) is 4. The number of hydrogen-bond acceptors (Lipinski definition) is 6. The number of piperazine rings is 1. The molecule has 1 aliphatic heterocycles. The lowest BCUT2D eigenvalue weighted by Crippen LogP contribution is -2.48. The Morgan fingerprint density at radius 1 is 1.03 bits per heavy atom. The van der Waals surface area contributed by atoms with Crippen LogP contribution in [0.2, 0.25) is 0 Å². The second-order valence-electron chi connectivity index (χ2n) is 7.61. The minimum Gasteiger partial charge on any atom is -0.487 e. The topological polar surface area (TPSA) is 58.6 Å². The summed E-state index contributed by atoms with van der Waals surface area (Å²) < 4.78 is 14.2. The van der Waals surface area contributed by atoms with Gasteiger partial charge in [0.15, 0.2) is 0 Å². The SMILES string of the molecule is Cc1ccccc1CN1CCN(C(=O)c2cccc(OCc3nsnc3C)c2)CC1. The van der Waals surface area contributed by atoms with E-state index in [1.165, 1.54) is 22.9 Å². The summed E-state index contributed by atoms with van der Waals surface area (Å²) in [6.45, 7) is 8.59. The predicted octanol–water partition coefficient (Wildman–Crippen LogP) is 3.69. The minimum absolute atomic E-state index is 0.0579. The van der Waals surface area contributed by atoms with Crippen molar-refractivity contribution in [1.82, 2.24) is 18.5 Å². The molecule has 2 heterocycles. The molecular formula is C23H26N4O2S. The third kappa shape index (κ3) is 4.86. The summed E-state index contributed by atoms with van der Waals surface area (Å²) in [6.07, 6.45) is 0. The first-order valence-corrected chi connectivity index (χ1v) is 10.9. The molecule has 0 saturated carbocycles. The average Bonchev–Trinajstić information content (AvgIpc) is 3.19. The molecule has 0 unspecified atom stereocenters. The molecule has 7 heteroatoms. The maximum atomic E-state index is 13.0. The molecule has 2 aromatic carbocycles. The molecule has 0 aliphatic carbocycles. The van der Waals surface area contributed by atoms with Gasteiger partial charge in [-0.05, 0) is 43.2 Å². The highest BCUT2D eigenvalue weighted by atomic mass is 32.1. The highest BCUT2D eigenvalue weighted by Gasteiger charge is 2.22. The molecule has 30 heavy (non-hydrogen) atoms. The van der Waals surface area contributed by atoms with E-state index in [4.69, 9.17) is 4.74 Å². The molecule has 1 amide bonds. The van der Waals surface area contributed by atoms with Crippen LogP contribution in [0.5, 0.6) is 5.75 Å². The van der Waals surface area contributed by atoms with Gasteiger partial charge in [-0.15, -0.1) is 0 Å². The first-order chi connectivity index (χ1) is 14.6. The Morgan fingerprint density at radius 3 is 2.57 bits per heavy atom. The zero-order chi connectivity index (χ0) is 20.9. The van der Waals surface area contributed by atoms with E-state index in [0.717, 1.165) is 44.1 Å². The molecule has 4 rings (SSSR count). The van der Waals surface area contributed by atoms with Crippen LogP contribution in [-0.4, -0.2) is 50.6 Å². The molecule has 0 radical (unpaired) electrons. The summed E-state index contributed by atoms with van der Waals surface area (Å²) in [5.41, 5.74) is 5.05. The Kier molecular flexibility index (Phi) is 6.40. The standard InChI is InChI=1S/C23H26N4O2S/c1-17-6-3-4-7-20(17)15-26-10-12-27(13-11-26)23(28)19-8-5-9-21(14-19)29-16-22-18(2)24-30-25-22/h3-9,14H,10-13,15-16H2,1-2H3. The normalized spacial score (nSPS) is 14.7. The summed E-state index contributed by atoms with van der Waals surface area (Å²) in [5, 5.41) is 0. The number of rotatable bonds is 6. The number of benzene rings is 2. The Morgan fingerprint density at radius 2 is 1.83 bits per heavy atom. The van der Waals surface area contributed by atoms with Crippen molar-refractivity contribution in [2.75, 3.05) is 26.2 Å². The molecule has 6 nitrogen and oxygen atoms in total. The quantitative estimate of drug-likeness (QED) is 0.606. The molecule has 0 bridgehead atoms. The number of carbonyl (C=O) groups excluding carboxylic acids is 1. The van der Waals surface area contributed by atoms with E-state index < -0.39 is 0 Å². The maximum Gasteiger partial charge on any atom is 0.254 e. The van der Waals surface area contributed by atoms with E-state index in [1.807, 2.05) is 36.1 Å². The lowest BCUT2D eigenvalue weighted by atomic mass is 10.1. The number of carbonyl (C=O) groups is 1. The van der Waals surface area contributed by atoms with Gasteiger partial charge in [0.05, 0.1) is 17.4 Å². The molecule has 1 fully saturated rings. The minimum atomic E-state index is 0.0579. The number of amides is 1. The number of ether oxygens (including phenoxy) is 1. The van der Waals surface area contributed by atoms with Crippen molar-refractivity contribution in [1.29, 1.82) is 0 Å². The van der Waals surface area contributed by atoms with Gasteiger partial charge in [-0.2, -0.15) is 8.75 Å². The van der Waals surface area contributed by atoms with E-state index in [-0.39, 0.29) is 5.91 Å². The predicted molar refractivity (Wildman–Crippen MR) is 118 cm³/mol. The van der Waals surface area contributed by atoms with E-state index >= 15 is 0 Å². The molecule has 0 N–H and O–H groups in total. The van der Waals surface area contributed by atoms with Gasteiger partial charge in [0, 0.05) is 38.3 Å². The van der Waals surface area contributed by atoms with Crippen LogP contribution in [0.15, 0.2) is 48.5 Å². The van der Waals surface area contributed by atoms with Crippen molar-refractivity contribution >= 4 is 17.6 Å². The van der Waals surface area contributed by atoms with Gasteiger partial charge in [-0.1, -0.05) is 30.3 Å². The lowest BCUT2D eigenvalue weighted by molar-refractivity contribution is 0.0627. The summed E-state index contributed by atoms with van der Waals surface area (Å²) >= 11 is 1.18. The summed E-state index contributed by atoms with van der Waals surface area (Å²) in [5.74, 6) is 0.730. The summed E-state index contributed by atoms with van der Waals surface area (Å²) in [6, 6.07) is 15.9. The summed E-state index contributed by atoms with van der Waals surface area (Å²) in [7, 11) is 0. The van der Waals surface area contributed by atoms with Crippen LogP contribution in [-0.2, 0) is 13.2 Å². The fourth-order valence-corrected chi connectivity index (χ4v) is 4.12. The van der Waals surface area contributed by atoms with Gasteiger partial charge >= 0.3 is 0 Å². The van der Waals surface area contributed by atoms with Crippen LogP contribution in [0.3, 0.4) is 0 Å². The lowest BCUT2D eigenvalue weighted by Gasteiger charge is -2.35. The van der Waals surface area contributed by atoms with E-state index in [9.17, 15) is 4.79 Å². The number of aromatic nitrogens is 2. The van der Waals surface area contributed by atoms with Crippen molar-refractivity contribution in [3.63, 3.8) is 0 Å². The average molecular weight is 423 g/mol.